The van der Waals surface area contributed by atoms with Crippen molar-refractivity contribution in [2.45, 2.75) is 44.1 Å². The number of aryl methyl sites for hydroxylation is 1. The fraction of sp³-hybridized carbons (Fsp3) is 0.316. The Morgan fingerprint density at radius 1 is 1.27 bits per heavy atom. The van der Waals surface area contributed by atoms with E-state index in [1.54, 1.807) is 31.2 Å². The van der Waals surface area contributed by atoms with Gasteiger partial charge in [0.1, 0.15) is 5.82 Å². The number of nitrogens with zero attached hydrogens (tertiary/aromatic N) is 4. The summed E-state index contributed by atoms with van der Waals surface area (Å²) >= 11 is 8.75. The zero-order chi connectivity index (χ0) is 21.7. The Bertz CT molecular complexity index is 1050. The molecule has 2 N–H and O–H groups in total. The molecular formula is C19H21ClN6O2S2. The van der Waals surface area contributed by atoms with E-state index in [-0.39, 0.29) is 18.2 Å². The van der Waals surface area contributed by atoms with Crippen LogP contribution < -0.4 is 10.6 Å². The number of halogens is 1. The van der Waals surface area contributed by atoms with Crippen LogP contribution in [0.3, 0.4) is 0 Å². The molecule has 3 aromatic rings. The van der Waals surface area contributed by atoms with Crippen LogP contribution in [0.4, 0.5) is 10.8 Å². The highest BCUT2D eigenvalue weighted by Gasteiger charge is 2.21. The number of nitrogens with one attached hydrogen (secondary N) is 2. The number of anilines is 2. The van der Waals surface area contributed by atoms with Gasteiger partial charge in [0.05, 0.1) is 28.1 Å². The number of benzene rings is 1. The van der Waals surface area contributed by atoms with Crippen molar-refractivity contribution in [3.05, 3.63) is 46.2 Å². The summed E-state index contributed by atoms with van der Waals surface area (Å²) in [6.45, 7) is 6.17. The third-order valence-corrected chi connectivity index (χ3v) is 6.36. The molecule has 0 saturated heterocycles. The molecule has 2 heterocycles. The Hall–Kier alpha value is -2.43. The van der Waals surface area contributed by atoms with Gasteiger partial charge in [-0.1, -0.05) is 35.5 Å². The van der Waals surface area contributed by atoms with Crippen LogP contribution in [0, 0.1) is 6.92 Å². The van der Waals surface area contributed by atoms with Crippen LogP contribution in [0.2, 0.25) is 5.02 Å². The fourth-order valence-electron chi connectivity index (χ4n) is 2.59. The zero-order valence-electron chi connectivity index (χ0n) is 16.7. The summed E-state index contributed by atoms with van der Waals surface area (Å²) in [5.74, 6) is 0.109. The van der Waals surface area contributed by atoms with Gasteiger partial charge in [0.2, 0.25) is 11.8 Å². The molecular weight excluding hydrogens is 444 g/mol. The Balaban J connectivity index is 1.63. The molecule has 158 valence electrons. The Kier molecular flexibility index (Phi) is 7.46. The van der Waals surface area contributed by atoms with Crippen LogP contribution in [0.25, 0.3) is 0 Å². The van der Waals surface area contributed by atoms with Crippen molar-refractivity contribution in [3.8, 4) is 0 Å². The largest absolute Gasteiger partial charge is 0.324 e. The van der Waals surface area contributed by atoms with Gasteiger partial charge in [-0.2, -0.15) is 0 Å². The number of amides is 2. The minimum atomic E-state index is -0.409. The highest BCUT2D eigenvalue weighted by Crippen LogP contribution is 2.25. The van der Waals surface area contributed by atoms with Crippen LogP contribution in [0.5, 0.6) is 0 Å². The maximum atomic E-state index is 12.4. The summed E-state index contributed by atoms with van der Waals surface area (Å²) in [7, 11) is 0. The first-order valence-electron chi connectivity index (χ1n) is 9.23. The smallest absolute Gasteiger partial charge is 0.239 e. The number of carbonyl (C=O) groups is 2. The first-order valence-corrected chi connectivity index (χ1v) is 11.4. The average Bonchev–Trinajstić information content (AvgIpc) is 3.28. The van der Waals surface area contributed by atoms with Crippen LogP contribution in [0.1, 0.15) is 25.4 Å². The first kappa shape index (κ1) is 22.3. The number of aromatic nitrogens is 4. The highest BCUT2D eigenvalue weighted by atomic mass is 35.5. The molecule has 3 rings (SSSR count). The Morgan fingerprint density at radius 3 is 2.70 bits per heavy atom. The molecule has 0 aliphatic heterocycles. The van der Waals surface area contributed by atoms with E-state index >= 15 is 0 Å². The molecule has 0 aliphatic carbocycles. The van der Waals surface area contributed by atoms with E-state index in [9.17, 15) is 9.59 Å². The summed E-state index contributed by atoms with van der Waals surface area (Å²) in [6, 6.07) is 7.03. The number of hydrogen-bond donors (Lipinski definition) is 2. The van der Waals surface area contributed by atoms with Crippen molar-refractivity contribution < 1.29 is 9.59 Å². The van der Waals surface area contributed by atoms with E-state index in [1.807, 2.05) is 23.8 Å². The lowest BCUT2D eigenvalue weighted by Gasteiger charge is -2.12. The molecule has 2 aromatic heterocycles. The van der Waals surface area contributed by atoms with Crippen molar-refractivity contribution in [3.63, 3.8) is 0 Å². The molecule has 0 spiro atoms. The lowest BCUT2D eigenvalue weighted by Crippen LogP contribution is -2.23. The van der Waals surface area contributed by atoms with E-state index in [1.165, 1.54) is 23.1 Å². The highest BCUT2D eigenvalue weighted by molar-refractivity contribution is 8.00. The lowest BCUT2D eigenvalue weighted by atomic mass is 10.3. The summed E-state index contributed by atoms with van der Waals surface area (Å²) in [6.07, 6.45) is 0.0472. The zero-order valence-corrected chi connectivity index (χ0v) is 19.1. The van der Waals surface area contributed by atoms with Gasteiger partial charge >= 0.3 is 0 Å². The van der Waals surface area contributed by atoms with Gasteiger partial charge in [-0.25, -0.2) is 4.98 Å². The van der Waals surface area contributed by atoms with Gasteiger partial charge in [0, 0.05) is 11.9 Å². The molecule has 0 fully saturated rings. The van der Waals surface area contributed by atoms with E-state index < -0.39 is 5.25 Å². The third-order valence-electron chi connectivity index (χ3n) is 4.08. The number of hydrogen-bond acceptors (Lipinski definition) is 7. The molecule has 8 nitrogen and oxygen atoms in total. The van der Waals surface area contributed by atoms with Crippen molar-refractivity contribution in [1.29, 1.82) is 0 Å². The maximum absolute atomic E-state index is 12.4. The maximum Gasteiger partial charge on any atom is 0.239 e. The second-order valence-electron chi connectivity index (χ2n) is 6.39. The monoisotopic (exact) mass is 464 g/mol. The second kappa shape index (κ2) is 10.1. The molecule has 0 aliphatic rings. The van der Waals surface area contributed by atoms with Gasteiger partial charge in [-0.3, -0.25) is 9.59 Å². The van der Waals surface area contributed by atoms with E-state index in [2.05, 4.69) is 25.8 Å². The SMILES string of the molecule is CCn1c(CC(=O)Nc2ccccc2Cl)nnc1S[C@H](C)C(=O)Nc1nc(C)cs1. The Labute approximate surface area is 187 Å². The fourth-order valence-corrected chi connectivity index (χ4v) is 4.39. The van der Waals surface area contributed by atoms with Crippen molar-refractivity contribution in [2.24, 2.45) is 0 Å². The number of thiazole rings is 1. The minimum absolute atomic E-state index is 0.0472. The number of rotatable bonds is 8. The van der Waals surface area contributed by atoms with Crippen LogP contribution in [0.15, 0.2) is 34.8 Å². The topological polar surface area (TPSA) is 102 Å². The minimum Gasteiger partial charge on any atom is -0.324 e. The number of thioether (sulfide) groups is 1. The van der Waals surface area contributed by atoms with Gasteiger partial charge in [-0.15, -0.1) is 21.5 Å². The molecule has 0 saturated carbocycles. The summed E-state index contributed by atoms with van der Waals surface area (Å²) in [4.78, 5) is 29.1. The summed E-state index contributed by atoms with van der Waals surface area (Å²) < 4.78 is 1.83. The van der Waals surface area contributed by atoms with E-state index in [4.69, 9.17) is 11.6 Å². The van der Waals surface area contributed by atoms with Crippen LogP contribution >= 0.6 is 34.7 Å². The van der Waals surface area contributed by atoms with Crippen molar-refractivity contribution in [1.82, 2.24) is 19.7 Å². The number of para-hydroxylation sites is 1. The summed E-state index contributed by atoms with van der Waals surface area (Å²) in [5.41, 5.74) is 1.41. The third kappa shape index (κ3) is 5.59. The van der Waals surface area contributed by atoms with Gasteiger partial charge in [0.25, 0.3) is 0 Å². The van der Waals surface area contributed by atoms with Crippen molar-refractivity contribution in [2.75, 3.05) is 10.6 Å². The molecule has 1 aromatic carbocycles. The molecule has 2 amide bonds. The predicted octanol–water partition coefficient (Wildman–Crippen LogP) is 4.02. The first-order chi connectivity index (χ1) is 14.4. The standard InChI is InChI=1S/C19H21ClN6O2S2/c1-4-26-15(9-16(27)22-14-8-6-5-7-13(14)20)24-25-19(26)30-12(3)17(28)23-18-21-11(2)10-29-18/h5-8,10,12H,4,9H2,1-3H3,(H,22,27)(H,21,23,28)/t12-/m1/s1. The molecule has 30 heavy (non-hydrogen) atoms. The Morgan fingerprint density at radius 2 is 2.03 bits per heavy atom. The number of carbonyl (C=O) groups excluding carboxylic acids is 2. The van der Waals surface area contributed by atoms with Gasteiger partial charge in [0.15, 0.2) is 10.3 Å². The van der Waals surface area contributed by atoms with Crippen LogP contribution in [-0.2, 0) is 22.6 Å². The van der Waals surface area contributed by atoms with Gasteiger partial charge < -0.3 is 15.2 Å². The summed E-state index contributed by atoms with van der Waals surface area (Å²) in [5, 5.41) is 17.0. The van der Waals surface area contributed by atoms with E-state index in [0.29, 0.717) is 33.4 Å². The van der Waals surface area contributed by atoms with Crippen molar-refractivity contribution >= 4 is 57.3 Å². The molecule has 1 atom stereocenters. The van der Waals surface area contributed by atoms with Crippen LogP contribution in [-0.4, -0.2) is 36.8 Å². The average molecular weight is 465 g/mol. The second-order valence-corrected chi connectivity index (χ2v) is 8.96. The molecule has 11 heteroatoms. The van der Waals surface area contributed by atoms with E-state index in [0.717, 1.165) is 5.69 Å². The predicted molar refractivity (Wildman–Crippen MR) is 120 cm³/mol. The lowest BCUT2D eigenvalue weighted by molar-refractivity contribution is -0.116. The van der Waals surface area contributed by atoms with Gasteiger partial charge in [-0.05, 0) is 32.9 Å². The molecule has 0 unspecified atom stereocenters. The molecule has 0 bridgehead atoms. The molecule has 0 radical (unpaired) electrons. The quantitative estimate of drug-likeness (QED) is 0.488. The normalized spacial score (nSPS) is 11.9.